The Morgan fingerprint density at radius 1 is 0.650 bits per heavy atom. The molecule has 0 radical (unpaired) electrons. The average molecular weight is 274 g/mol. The van der Waals surface area contributed by atoms with Gasteiger partial charge in [-0.25, -0.2) is 9.59 Å². The Bertz CT molecular complexity index is 400. The number of carboxylic acid groups (broad SMARTS) is 2. The maximum absolute atomic E-state index is 9.55. The van der Waals surface area contributed by atoms with Crippen LogP contribution in [0, 0.1) is 0 Å². The van der Waals surface area contributed by atoms with Crippen molar-refractivity contribution < 1.29 is 19.8 Å². The smallest absolute Gasteiger partial charge is 0.328 e. The maximum atomic E-state index is 9.55. The molecule has 0 bridgehead atoms. The summed E-state index contributed by atoms with van der Waals surface area (Å²) in [5.74, 6) is -2.51. The summed E-state index contributed by atoms with van der Waals surface area (Å²) in [6, 6.07) is 11.4. The van der Waals surface area contributed by atoms with Gasteiger partial charge in [-0.2, -0.15) is 0 Å². The minimum atomic E-state index is -1.26. The highest BCUT2D eigenvalue weighted by Gasteiger charge is 1.88. The van der Waals surface area contributed by atoms with Crippen molar-refractivity contribution in [3.8, 4) is 0 Å². The van der Waals surface area contributed by atoms with Crippen molar-refractivity contribution in [3.63, 3.8) is 0 Å². The Morgan fingerprint density at radius 3 is 1.05 bits per heavy atom. The highest BCUT2D eigenvalue weighted by molar-refractivity contribution is 5.89. The summed E-state index contributed by atoms with van der Waals surface area (Å²) in [7, 11) is 0. The standard InChI is InChI=1S/2C5H5N.C4H4O4/c2*1-2-4-6-5-3-1;5-3(6)1-2-4(7)8/h2*1-5H;1-2H,(H,5,6)(H,7,8)/b;;2-1+. The third kappa shape index (κ3) is 15.0. The van der Waals surface area contributed by atoms with Gasteiger partial charge in [0.1, 0.15) is 0 Å². The number of rotatable bonds is 2. The number of hydrogen-bond donors (Lipinski definition) is 2. The third-order valence-corrected chi connectivity index (χ3v) is 1.50. The van der Waals surface area contributed by atoms with Crippen LogP contribution in [-0.4, -0.2) is 32.1 Å². The van der Waals surface area contributed by atoms with Crippen LogP contribution in [0.1, 0.15) is 0 Å². The quantitative estimate of drug-likeness (QED) is 0.811. The summed E-state index contributed by atoms with van der Waals surface area (Å²) in [6.07, 6.45) is 8.12. The molecule has 2 aromatic heterocycles. The molecule has 2 rings (SSSR count). The van der Waals surface area contributed by atoms with E-state index in [-0.39, 0.29) is 0 Å². The van der Waals surface area contributed by atoms with Crippen molar-refractivity contribution in [2.45, 2.75) is 0 Å². The highest BCUT2D eigenvalue weighted by atomic mass is 16.4. The number of carboxylic acids is 2. The van der Waals surface area contributed by atoms with Crippen molar-refractivity contribution in [3.05, 3.63) is 73.3 Å². The molecule has 0 aromatic carbocycles. The van der Waals surface area contributed by atoms with Crippen LogP contribution in [0.25, 0.3) is 0 Å². The van der Waals surface area contributed by atoms with Crippen LogP contribution in [0.3, 0.4) is 0 Å². The van der Waals surface area contributed by atoms with Gasteiger partial charge in [0.2, 0.25) is 0 Å². The second-order valence-corrected chi connectivity index (χ2v) is 3.06. The molecule has 2 aromatic rings. The van der Waals surface area contributed by atoms with E-state index in [1.54, 1.807) is 24.8 Å². The molecule has 2 N–H and O–H groups in total. The van der Waals surface area contributed by atoms with Crippen molar-refractivity contribution in [2.24, 2.45) is 0 Å². The van der Waals surface area contributed by atoms with Gasteiger partial charge in [0.15, 0.2) is 0 Å². The molecule has 0 spiro atoms. The summed E-state index contributed by atoms with van der Waals surface area (Å²) in [5, 5.41) is 15.6. The van der Waals surface area contributed by atoms with Crippen LogP contribution in [-0.2, 0) is 9.59 Å². The second kappa shape index (κ2) is 12.4. The lowest BCUT2D eigenvalue weighted by Crippen LogP contribution is -1.91. The summed E-state index contributed by atoms with van der Waals surface area (Å²) >= 11 is 0. The first-order valence-corrected chi connectivity index (χ1v) is 5.47. The number of carbonyl (C=O) groups is 2. The molecule has 0 saturated carbocycles. The Morgan fingerprint density at radius 2 is 0.950 bits per heavy atom. The van der Waals surface area contributed by atoms with E-state index in [1.807, 2.05) is 36.4 Å². The van der Waals surface area contributed by atoms with E-state index in [4.69, 9.17) is 10.2 Å². The van der Waals surface area contributed by atoms with Crippen LogP contribution >= 0.6 is 0 Å². The topological polar surface area (TPSA) is 100 Å². The van der Waals surface area contributed by atoms with E-state index >= 15 is 0 Å². The van der Waals surface area contributed by atoms with Crippen molar-refractivity contribution in [1.29, 1.82) is 0 Å². The monoisotopic (exact) mass is 274 g/mol. The lowest BCUT2D eigenvalue weighted by molar-refractivity contribution is -0.134. The first-order valence-electron chi connectivity index (χ1n) is 5.47. The second-order valence-electron chi connectivity index (χ2n) is 3.06. The number of aliphatic carboxylic acids is 2. The van der Waals surface area contributed by atoms with Gasteiger partial charge in [-0.3, -0.25) is 9.97 Å². The van der Waals surface area contributed by atoms with Gasteiger partial charge in [-0.1, -0.05) is 12.1 Å². The zero-order chi connectivity index (χ0) is 15.1. The summed E-state index contributed by atoms with van der Waals surface area (Å²) < 4.78 is 0. The van der Waals surface area contributed by atoms with Gasteiger partial charge >= 0.3 is 11.9 Å². The van der Waals surface area contributed by atoms with E-state index in [2.05, 4.69) is 9.97 Å². The SMILES string of the molecule is O=C(O)/C=C/C(=O)O.c1ccncc1.c1ccncc1. The van der Waals surface area contributed by atoms with Crippen molar-refractivity contribution in [2.75, 3.05) is 0 Å². The third-order valence-electron chi connectivity index (χ3n) is 1.50. The fourth-order valence-corrected chi connectivity index (χ4v) is 0.768. The van der Waals surface area contributed by atoms with Gasteiger partial charge < -0.3 is 10.2 Å². The first kappa shape index (κ1) is 17.0. The number of hydrogen-bond acceptors (Lipinski definition) is 4. The van der Waals surface area contributed by atoms with Crippen LogP contribution in [0.4, 0.5) is 0 Å². The Hall–Kier alpha value is -3.02. The molecule has 0 saturated heterocycles. The zero-order valence-corrected chi connectivity index (χ0v) is 10.5. The van der Waals surface area contributed by atoms with E-state index in [1.165, 1.54) is 0 Å². The minimum Gasteiger partial charge on any atom is -0.478 e. The lowest BCUT2D eigenvalue weighted by atomic mass is 10.5. The van der Waals surface area contributed by atoms with Crippen LogP contribution in [0.15, 0.2) is 73.3 Å². The Balaban J connectivity index is 0.000000274. The molecule has 104 valence electrons. The first-order chi connectivity index (χ1) is 9.63. The highest BCUT2D eigenvalue weighted by Crippen LogP contribution is 1.74. The van der Waals surface area contributed by atoms with Gasteiger partial charge in [-0.15, -0.1) is 0 Å². The predicted molar refractivity (Wildman–Crippen MR) is 72.9 cm³/mol. The molecule has 20 heavy (non-hydrogen) atoms. The Kier molecular flexibility index (Phi) is 10.6. The van der Waals surface area contributed by atoms with Gasteiger partial charge in [0.25, 0.3) is 0 Å². The molecule has 2 heterocycles. The normalized spacial score (nSPS) is 8.60. The number of aromatic nitrogens is 2. The minimum absolute atomic E-state index is 0.558. The van der Waals surface area contributed by atoms with Crippen LogP contribution in [0.2, 0.25) is 0 Å². The fourth-order valence-electron chi connectivity index (χ4n) is 0.768. The van der Waals surface area contributed by atoms with Crippen molar-refractivity contribution in [1.82, 2.24) is 9.97 Å². The summed E-state index contributed by atoms with van der Waals surface area (Å²) in [6.45, 7) is 0. The molecule has 0 aliphatic heterocycles. The Labute approximate surface area is 116 Å². The molecule has 0 amide bonds. The number of pyridine rings is 2. The van der Waals surface area contributed by atoms with Gasteiger partial charge in [0.05, 0.1) is 0 Å². The van der Waals surface area contributed by atoms with E-state index in [9.17, 15) is 9.59 Å². The zero-order valence-electron chi connectivity index (χ0n) is 10.5. The molecule has 0 unspecified atom stereocenters. The molecule has 0 atom stereocenters. The van der Waals surface area contributed by atoms with Gasteiger partial charge in [-0.05, 0) is 24.3 Å². The molecular weight excluding hydrogens is 260 g/mol. The number of nitrogens with zero attached hydrogens (tertiary/aromatic N) is 2. The van der Waals surface area contributed by atoms with E-state index in [0.29, 0.717) is 12.2 Å². The summed E-state index contributed by atoms with van der Waals surface area (Å²) in [4.78, 5) is 26.7. The molecule has 0 aliphatic carbocycles. The van der Waals surface area contributed by atoms with E-state index < -0.39 is 11.9 Å². The largest absolute Gasteiger partial charge is 0.478 e. The fraction of sp³-hybridized carbons (Fsp3) is 0. The van der Waals surface area contributed by atoms with Crippen LogP contribution < -0.4 is 0 Å². The van der Waals surface area contributed by atoms with E-state index in [0.717, 1.165) is 0 Å². The van der Waals surface area contributed by atoms with Gasteiger partial charge in [0, 0.05) is 36.9 Å². The predicted octanol–water partition coefficient (Wildman–Crippen LogP) is 1.88. The molecule has 6 nitrogen and oxygen atoms in total. The summed E-state index contributed by atoms with van der Waals surface area (Å²) in [5.41, 5.74) is 0. The lowest BCUT2D eigenvalue weighted by Gasteiger charge is -1.74. The average Bonchev–Trinajstić information content (AvgIpc) is 2.50. The molecule has 0 aliphatic rings. The molecular formula is C14H14N2O4. The molecule has 0 fully saturated rings. The van der Waals surface area contributed by atoms with Crippen LogP contribution in [0.5, 0.6) is 0 Å². The maximum Gasteiger partial charge on any atom is 0.328 e. The molecule has 6 heteroatoms. The van der Waals surface area contributed by atoms with Crippen molar-refractivity contribution >= 4 is 11.9 Å².